The average molecular weight is 174 g/mol. The molecule has 0 aromatic rings. The van der Waals surface area contributed by atoms with Crippen LogP contribution in [0.25, 0.3) is 0 Å². The van der Waals surface area contributed by atoms with Gasteiger partial charge >= 0.3 is 5.97 Å². The summed E-state index contributed by atoms with van der Waals surface area (Å²) in [6.07, 6.45) is 2.41. The summed E-state index contributed by atoms with van der Waals surface area (Å²) in [5, 5.41) is 0. The maximum atomic E-state index is 10.5. The Labute approximate surface area is 71.7 Å². The van der Waals surface area contributed by atoms with Gasteiger partial charge in [-0.15, -0.1) is 0 Å². The number of thioether (sulfide) groups is 1. The maximum Gasteiger partial charge on any atom is 0.302 e. The number of hydrogen-bond donors (Lipinski definition) is 0. The second kappa shape index (κ2) is 4.65. The van der Waals surface area contributed by atoms with E-state index in [1.54, 1.807) is 0 Å². The van der Waals surface area contributed by atoms with E-state index in [9.17, 15) is 4.79 Å². The van der Waals surface area contributed by atoms with E-state index in [2.05, 4.69) is 0 Å². The summed E-state index contributed by atoms with van der Waals surface area (Å²) in [5.74, 6) is 2.93. The summed E-state index contributed by atoms with van der Waals surface area (Å²) in [5.41, 5.74) is 0. The maximum absolute atomic E-state index is 10.5. The van der Waals surface area contributed by atoms with Gasteiger partial charge in [0.05, 0.1) is 6.61 Å². The largest absolute Gasteiger partial charge is 0.466 e. The van der Waals surface area contributed by atoms with Gasteiger partial charge in [-0.3, -0.25) is 4.79 Å². The van der Waals surface area contributed by atoms with Crippen molar-refractivity contribution in [1.29, 1.82) is 0 Å². The van der Waals surface area contributed by atoms with Gasteiger partial charge in [0.2, 0.25) is 0 Å². The van der Waals surface area contributed by atoms with Gasteiger partial charge in [-0.2, -0.15) is 11.8 Å². The fraction of sp³-hybridized carbons (Fsp3) is 0.875. The first-order chi connectivity index (χ1) is 5.29. The minimum atomic E-state index is -0.150. The van der Waals surface area contributed by atoms with E-state index in [1.165, 1.54) is 31.3 Å². The molecule has 0 aromatic carbocycles. The van der Waals surface area contributed by atoms with Crippen LogP contribution in [0.5, 0.6) is 0 Å². The van der Waals surface area contributed by atoms with Crippen LogP contribution >= 0.6 is 11.8 Å². The van der Waals surface area contributed by atoms with E-state index >= 15 is 0 Å². The molecular formula is C8H14O2S. The van der Waals surface area contributed by atoms with Gasteiger partial charge in [0.25, 0.3) is 0 Å². The second-order valence-corrected chi connectivity index (χ2v) is 4.08. The summed E-state index contributed by atoms with van der Waals surface area (Å²) < 4.78 is 4.93. The van der Waals surface area contributed by atoms with Crippen molar-refractivity contribution < 1.29 is 9.53 Å². The van der Waals surface area contributed by atoms with Crippen LogP contribution in [0, 0.1) is 5.92 Å². The lowest BCUT2D eigenvalue weighted by Gasteiger charge is -2.20. The Morgan fingerprint density at radius 1 is 1.55 bits per heavy atom. The molecule has 0 N–H and O–H groups in total. The van der Waals surface area contributed by atoms with Crippen molar-refractivity contribution in [2.45, 2.75) is 19.8 Å². The zero-order chi connectivity index (χ0) is 8.10. The molecule has 0 bridgehead atoms. The van der Waals surface area contributed by atoms with Crippen LogP contribution in [0.2, 0.25) is 0 Å². The molecule has 1 aliphatic rings. The quantitative estimate of drug-likeness (QED) is 0.596. The molecule has 1 saturated heterocycles. The topological polar surface area (TPSA) is 26.3 Å². The molecule has 0 unspecified atom stereocenters. The number of hydrogen-bond acceptors (Lipinski definition) is 3. The number of rotatable bonds is 2. The average Bonchev–Trinajstić information content (AvgIpc) is 2.03. The Morgan fingerprint density at radius 3 is 2.73 bits per heavy atom. The zero-order valence-corrected chi connectivity index (χ0v) is 7.65. The molecule has 1 aliphatic heterocycles. The highest BCUT2D eigenvalue weighted by atomic mass is 32.2. The number of esters is 1. The summed E-state index contributed by atoms with van der Waals surface area (Å²) in [4.78, 5) is 10.5. The monoisotopic (exact) mass is 174 g/mol. The lowest BCUT2D eigenvalue weighted by atomic mass is 10.0. The van der Waals surface area contributed by atoms with Gasteiger partial charge in [-0.25, -0.2) is 0 Å². The highest BCUT2D eigenvalue weighted by Crippen LogP contribution is 2.22. The van der Waals surface area contributed by atoms with Gasteiger partial charge in [-0.05, 0) is 30.3 Å². The lowest BCUT2D eigenvalue weighted by molar-refractivity contribution is -0.142. The minimum absolute atomic E-state index is 0.150. The predicted octanol–water partition coefficient (Wildman–Crippen LogP) is 1.69. The molecule has 1 fully saturated rings. The molecule has 1 rings (SSSR count). The van der Waals surface area contributed by atoms with Crippen LogP contribution in [0.15, 0.2) is 0 Å². The lowest BCUT2D eigenvalue weighted by Crippen LogP contribution is -2.17. The molecule has 11 heavy (non-hydrogen) atoms. The van der Waals surface area contributed by atoms with Crippen molar-refractivity contribution in [3.8, 4) is 0 Å². The van der Waals surface area contributed by atoms with Gasteiger partial charge in [0.15, 0.2) is 0 Å². The molecule has 3 heteroatoms. The first-order valence-corrected chi connectivity index (χ1v) is 5.15. The van der Waals surface area contributed by atoms with E-state index in [1.807, 2.05) is 11.8 Å². The van der Waals surface area contributed by atoms with Crippen LogP contribution in [-0.2, 0) is 9.53 Å². The van der Waals surface area contributed by atoms with Crippen molar-refractivity contribution in [1.82, 2.24) is 0 Å². The van der Waals surface area contributed by atoms with E-state index in [-0.39, 0.29) is 5.97 Å². The third-order valence-corrected chi connectivity index (χ3v) is 2.91. The van der Waals surface area contributed by atoms with E-state index < -0.39 is 0 Å². The van der Waals surface area contributed by atoms with E-state index in [0.717, 1.165) is 0 Å². The SMILES string of the molecule is CC(=O)OCC1CCSCC1. The number of carbonyl (C=O) groups excluding carboxylic acids is 1. The summed E-state index contributed by atoms with van der Waals surface area (Å²) >= 11 is 1.99. The van der Waals surface area contributed by atoms with Crippen molar-refractivity contribution in [3.63, 3.8) is 0 Å². The molecule has 0 spiro atoms. The minimum Gasteiger partial charge on any atom is -0.466 e. The van der Waals surface area contributed by atoms with E-state index in [0.29, 0.717) is 12.5 Å². The molecule has 0 aromatic heterocycles. The Kier molecular flexibility index (Phi) is 3.77. The van der Waals surface area contributed by atoms with Crippen LogP contribution in [-0.4, -0.2) is 24.1 Å². The Balaban J connectivity index is 2.09. The number of ether oxygens (including phenoxy) is 1. The Morgan fingerprint density at radius 2 is 2.18 bits per heavy atom. The van der Waals surface area contributed by atoms with Crippen molar-refractivity contribution in [2.24, 2.45) is 5.92 Å². The smallest absolute Gasteiger partial charge is 0.302 e. The van der Waals surface area contributed by atoms with Crippen LogP contribution in [0.4, 0.5) is 0 Å². The Hall–Kier alpha value is -0.180. The third-order valence-electron chi connectivity index (χ3n) is 1.86. The molecule has 0 radical (unpaired) electrons. The van der Waals surface area contributed by atoms with Crippen LogP contribution in [0.3, 0.4) is 0 Å². The van der Waals surface area contributed by atoms with Crippen LogP contribution < -0.4 is 0 Å². The predicted molar refractivity (Wildman–Crippen MR) is 46.7 cm³/mol. The molecule has 0 atom stereocenters. The Bertz CT molecular complexity index is 130. The van der Waals surface area contributed by atoms with Gasteiger partial charge < -0.3 is 4.74 Å². The highest BCUT2D eigenvalue weighted by molar-refractivity contribution is 7.99. The number of carbonyl (C=O) groups is 1. The third kappa shape index (κ3) is 3.65. The molecule has 2 nitrogen and oxygen atoms in total. The fourth-order valence-corrected chi connectivity index (χ4v) is 2.35. The molecule has 0 amide bonds. The first-order valence-electron chi connectivity index (χ1n) is 4.00. The van der Waals surface area contributed by atoms with E-state index in [4.69, 9.17) is 4.74 Å². The normalized spacial score (nSPS) is 19.7. The summed E-state index contributed by atoms with van der Waals surface area (Å²) in [6.45, 7) is 2.10. The van der Waals surface area contributed by atoms with Crippen molar-refractivity contribution in [2.75, 3.05) is 18.1 Å². The molecule has 0 saturated carbocycles. The standard InChI is InChI=1S/C8H14O2S/c1-7(9)10-6-8-2-4-11-5-3-8/h8H,2-6H2,1H3. The van der Waals surface area contributed by atoms with Gasteiger partial charge in [0.1, 0.15) is 0 Å². The van der Waals surface area contributed by atoms with Crippen molar-refractivity contribution in [3.05, 3.63) is 0 Å². The van der Waals surface area contributed by atoms with Gasteiger partial charge in [0, 0.05) is 6.92 Å². The van der Waals surface area contributed by atoms with Crippen LogP contribution in [0.1, 0.15) is 19.8 Å². The van der Waals surface area contributed by atoms with Gasteiger partial charge in [-0.1, -0.05) is 0 Å². The second-order valence-electron chi connectivity index (χ2n) is 2.86. The summed E-state index contributed by atoms with van der Waals surface area (Å²) in [7, 11) is 0. The molecule has 64 valence electrons. The summed E-state index contributed by atoms with van der Waals surface area (Å²) in [6, 6.07) is 0. The fourth-order valence-electron chi connectivity index (χ4n) is 1.15. The highest BCUT2D eigenvalue weighted by Gasteiger charge is 2.14. The van der Waals surface area contributed by atoms with Crippen molar-refractivity contribution >= 4 is 17.7 Å². The molecule has 0 aliphatic carbocycles. The molecular weight excluding hydrogens is 160 g/mol. The zero-order valence-electron chi connectivity index (χ0n) is 6.84. The first kappa shape index (κ1) is 8.91. The molecule has 1 heterocycles.